The van der Waals surface area contributed by atoms with Crippen LogP contribution in [0.5, 0.6) is 0 Å². The maximum Gasteiger partial charge on any atom is 0.269 e. The summed E-state index contributed by atoms with van der Waals surface area (Å²) >= 11 is 19.6. The lowest BCUT2D eigenvalue weighted by Gasteiger charge is -2.24. The fourth-order valence-corrected chi connectivity index (χ4v) is 4.40. The largest absolute Gasteiger partial charge is 0.326 e. The number of hydrogen-bond donors (Lipinski definition) is 2. The number of hydrazine groups is 1. The number of halogens is 3. The quantitative estimate of drug-likeness (QED) is 0.284. The van der Waals surface area contributed by atoms with Crippen molar-refractivity contribution in [1.29, 1.82) is 0 Å². The van der Waals surface area contributed by atoms with E-state index < -0.39 is 23.8 Å². The molecule has 178 valence electrons. The van der Waals surface area contributed by atoms with Crippen LogP contribution in [0.1, 0.15) is 16.8 Å². The Bertz CT molecular complexity index is 1290. The van der Waals surface area contributed by atoms with E-state index in [2.05, 4.69) is 33.3 Å². The number of rotatable bonds is 6. The van der Waals surface area contributed by atoms with Gasteiger partial charge in [0.05, 0.1) is 12.1 Å². The molecule has 11 heteroatoms. The minimum absolute atomic E-state index is 0.0340. The summed E-state index contributed by atoms with van der Waals surface area (Å²) in [5.41, 5.74) is 4.05. The first-order valence-corrected chi connectivity index (χ1v) is 12.5. The van der Waals surface area contributed by atoms with E-state index in [0.29, 0.717) is 27.0 Å². The van der Waals surface area contributed by atoms with Gasteiger partial charge in [0.15, 0.2) is 0 Å². The number of carbonyl (C=O) groups is 3. The van der Waals surface area contributed by atoms with Crippen molar-refractivity contribution in [3.8, 4) is 0 Å². The molecule has 3 aromatic carbocycles. The van der Waals surface area contributed by atoms with Crippen LogP contribution in [-0.4, -0.2) is 33.9 Å². The van der Waals surface area contributed by atoms with E-state index in [9.17, 15) is 14.4 Å². The van der Waals surface area contributed by atoms with Gasteiger partial charge in [-0.25, -0.2) is 5.01 Å². The second-order valence-corrected chi connectivity index (χ2v) is 10.0. The number of thiocarbonyl (C=S) groups is 1. The van der Waals surface area contributed by atoms with Gasteiger partial charge in [-0.1, -0.05) is 23.2 Å². The van der Waals surface area contributed by atoms with E-state index in [4.69, 9.17) is 35.4 Å². The molecule has 1 aliphatic rings. The van der Waals surface area contributed by atoms with Crippen LogP contribution >= 0.6 is 58.0 Å². The molecule has 1 unspecified atom stereocenters. The lowest BCUT2D eigenvalue weighted by atomic mass is 10.1. The molecule has 0 bridgehead atoms. The van der Waals surface area contributed by atoms with Gasteiger partial charge in [0.2, 0.25) is 11.0 Å². The van der Waals surface area contributed by atoms with E-state index >= 15 is 0 Å². The first-order valence-electron chi connectivity index (χ1n) is 10.3. The summed E-state index contributed by atoms with van der Waals surface area (Å²) in [5, 5.41) is 5.03. The van der Waals surface area contributed by atoms with Gasteiger partial charge in [-0.3, -0.25) is 24.7 Å². The van der Waals surface area contributed by atoms with Crippen LogP contribution in [0, 0.1) is 3.57 Å². The molecule has 1 heterocycles. The zero-order valence-corrected chi connectivity index (χ0v) is 22.4. The number of anilines is 2. The molecular weight excluding hydrogens is 622 g/mol. The molecule has 35 heavy (non-hydrogen) atoms. The second-order valence-electron chi connectivity index (χ2n) is 7.53. The highest BCUT2D eigenvalue weighted by Crippen LogP contribution is 2.28. The fraction of sp³-hybridized carbons (Fsp3) is 0.0833. The topological polar surface area (TPSA) is 81.8 Å². The van der Waals surface area contributed by atoms with Crippen molar-refractivity contribution in [2.75, 3.05) is 10.2 Å². The molecule has 1 fully saturated rings. The van der Waals surface area contributed by atoms with Crippen molar-refractivity contribution in [3.05, 3.63) is 92.0 Å². The van der Waals surface area contributed by atoms with E-state index in [1.807, 2.05) is 12.1 Å². The Morgan fingerprint density at radius 1 is 0.914 bits per heavy atom. The molecule has 2 N–H and O–H groups in total. The zero-order valence-electron chi connectivity index (χ0n) is 17.9. The molecule has 0 radical (unpaired) electrons. The lowest BCUT2D eigenvalue weighted by molar-refractivity contribution is -0.124. The van der Waals surface area contributed by atoms with Crippen LogP contribution in [0.3, 0.4) is 0 Å². The molecule has 1 saturated heterocycles. The highest BCUT2D eigenvalue weighted by atomic mass is 127. The Hall–Kier alpha value is -2.73. The number of amides is 3. The van der Waals surface area contributed by atoms with Crippen molar-refractivity contribution in [2.24, 2.45) is 0 Å². The Kier molecular flexibility index (Phi) is 7.90. The van der Waals surface area contributed by atoms with Gasteiger partial charge in [-0.2, -0.15) is 0 Å². The minimum Gasteiger partial charge on any atom is -0.326 e. The first kappa shape index (κ1) is 25.4. The third-order valence-electron chi connectivity index (χ3n) is 5.13. The zero-order chi connectivity index (χ0) is 25.1. The van der Waals surface area contributed by atoms with Crippen LogP contribution in [0.2, 0.25) is 10.0 Å². The van der Waals surface area contributed by atoms with Gasteiger partial charge in [0.25, 0.3) is 11.8 Å². The number of benzene rings is 3. The summed E-state index contributed by atoms with van der Waals surface area (Å²) in [7, 11) is 0. The first-order chi connectivity index (χ1) is 16.7. The highest BCUT2D eigenvalue weighted by molar-refractivity contribution is 14.1. The smallest absolute Gasteiger partial charge is 0.269 e. The minimum atomic E-state index is -1.06. The normalized spacial score (nSPS) is 15.3. The molecule has 1 aliphatic heterocycles. The SMILES string of the molecule is O=C(CC1C(=O)N(c2ccc(Cl)cc2)C(=S)N1NC(=O)c1ccc(Cl)cc1)Nc1ccc(I)cc1. The average molecular weight is 639 g/mol. The van der Waals surface area contributed by atoms with Gasteiger partial charge >= 0.3 is 0 Å². The van der Waals surface area contributed by atoms with Gasteiger partial charge in [-0.05, 0) is 108 Å². The number of hydrogen-bond acceptors (Lipinski definition) is 4. The highest BCUT2D eigenvalue weighted by Gasteiger charge is 2.45. The third kappa shape index (κ3) is 5.92. The maximum absolute atomic E-state index is 13.4. The number of nitrogens with zero attached hydrogens (tertiary/aromatic N) is 2. The van der Waals surface area contributed by atoms with Crippen molar-refractivity contribution in [2.45, 2.75) is 12.5 Å². The van der Waals surface area contributed by atoms with Gasteiger partial charge in [0, 0.05) is 24.9 Å². The molecule has 0 aliphatic carbocycles. The summed E-state index contributed by atoms with van der Waals surface area (Å²) < 4.78 is 1.02. The average Bonchev–Trinajstić information content (AvgIpc) is 3.05. The predicted octanol–water partition coefficient (Wildman–Crippen LogP) is 5.27. The van der Waals surface area contributed by atoms with Crippen LogP contribution in [0.4, 0.5) is 11.4 Å². The lowest BCUT2D eigenvalue weighted by Crippen LogP contribution is -2.49. The Morgan fingerprint density at radius 2 is 1.49 bits per heavy atom. The molecule has 4 rings (SSSR count). The molecule has 3 aromatic rings. The van der Waals surface area contributed by atoms with Crippen LogP contribution < -0.4 is 15.6 Å². The van der Waals surface area contributed by atoms with Crippen molar-refractivity contribution >= 4 is 92.2 Å². The molecule has 1 atom stereocenters. The standard InChI is InChI=1S/C24H17Cl2IN4O3S/c25-15-3-1-14(2-4-15)22(33)29-31-20(13-21(32)28-18-9-7-17(27)8-10-18)23(34)30(24(31)35)19-11-5-16(26)6-12-19/h1-12,20H,13H2,(H,28,32)(H,29,33). The van der Waals surface area contributed by atoms with E-state index in [0.717, 1.165) is 3.57 Å². The van der Waals surface area contributed by atoms with Crippen LogP contribution in [0.25, 0.3) is 0 Å². The summed E-state index contributed by atoms with van der Waals surface area (Å²) in [4.78, 5) is 40.4. The summed E-state index contributed by atoms with van der Waals surface area (Å²) in [6, 6.07) is 19.0. The second kappa shape index (κ2) is 10.9. The van der Waals surface area contributed by atoms with Gasteiger partial charge < -0.3 is 5.32 Å². The van der Waals surface area contributed by atoms with Gasteiger partial charge in [-0.15, -0.1) is 0 Å². The molecular formula is C24H17Cl2IN4O3S. The summed E-state index contributed by atoms with van der Waals surface area (Å²) in [5.74, 6) is -1.36. The van der Waals surface area contributed by atoms with Crippen LogP contribution in [-0.2, 0) is 9.59 Å². The number of nitrogens with one attached hydrogen (secondary N) is 2. The Labute approximate surface area is 230 Å². The van der Waals surface area contributed by atoms with E-state index in [-0.39, 0.29) is 11.5 Å². The van der Waals surface area contributed by atoms with Crippen molar-refractivity contribution in [3.63, 3.8) is 0 Å². The molecule has 3 amide bonds. The maximum atomic E-state index is 13.4. The predicted molar refractivity (Wildman–Crippen MR) is 148 cm³/mol. The monoisotopic (exact) mass is 638 g/mol. The fourth-order valence-electron chi connectivity index (χ4n) is 3.42. The van der Waals surface area contributed by atoms with E-state index in [1.54, 1.807) is 60.7 Å². The summed E-state index contributed by atoms with van der Waals surface area (Å²) in [6.45, 7) is 0. The molecule has 0 spiro atoms. The van der Waals surface area contributed by atoms with Gasteiger partial charge in [0.1, 0.15) is 6.04 Å². The third-order valence-corrected chi connectivity index (χ3v) is 6.74. The van der Waals surface area contributed by atoms with E-state index in [1.165, 1.54) is 9.91 Å². The Morgan fingerprint density at radius 3 is 2.09 bits per heavy atom. The summed E-state index contributed by atoms with van der Waals surface area (Å²) in [6.07, 6.45) is -0.240. The molecule has 7 nitrogen and oxygen atoms in total. The molecule has 0 aromatic heterocycles. The van der Waals surface area contributed by atoms with Crippen molar-refractivity contribution in [1.82, 2.24) is 10.4 Å². The van der Waals surface area contributed by atoms with Crippen LogP contribution in [0.15, 0.2) is 72.8 Å². The number of carbonyl (C=O) groups excluding carboxylic acids is 3. The molecule has 0 saturated carbocycles. The Balaban J connectivity index is 1.59. The van der Waals surface area contributed by atoms with Crippen molar-refractivity contribution < 1.29 is 14.4 Å².